The summed E-state index contributed by atoms with van der Waals surface area (Å²) in [6.45, 7) is 5.35. The minimum atomic E-state index is 0.269. The third-order valence-electron chi connectivity index (χ3n) is 5.56. The zero-order valence-electron chi connectivity index (χ0n) is 13.0. The first-order valence-corrected chi connectivity index (χ1v) is 8.80. The van der Waals surface area contributed by atoms with E-state index in [0.29, 0.717) is 12.1 Å². The van der Waals surface area contributed by atoms with Crippen LogP contribution in [0.2, 0.25) is 0 Å². The fourth-order valence-corrected chi connectivity index (χ4v) is 4.21. The first-order chi connectivity index (χ1) is 9.81. The van der Waals surface area contributed by atoms with Crippen molar-refractivity contribution < 1.29 is 9.47 Å². The normalized spacial score (nSPS) is 34.0. The highest BCUT2D eigenvalue weighted by atomic mass is 16.5. The van der Waals surface area contributed by atoms with E-state index in [4.69, 9.17) is 9.47 Å². The van der Waals surface area contributed by atoms with Crippen LogP contribution in [0.15, 0.2) is 0 Å². The molecule has 2 saturated heterocycles. The molecule has 0 amide bonds. The molecule has 2 heterocycles. The molecule has 20 heavy (non-hydrogen) atoms. The van der Waals surface area contributed by atoms with Gasteiger partial charge in [-0.15, -0.1) is 0 Å². The van der Waals surface area contributed by atoms with Crippen LogP contribution in [-0.2, 0) is 9.47 Å². The highest BCUT2D eigenvalue weighted by Gasteiger charge is 2.44. The number of hydrogen-bond donors (Lipinski definition) is 1. The number of nitrogens with one attached hydrogen (secondary N) is 1. The Bertz CT molecular complexity index is 297. The largest absolute Gasteiger partial charge is 0.378 e. The number of hydrogen-bond acceptors (Lipinski definition) is 3. The van der Waals surface area contributed by atoms with E-state index in [2.05, 4.69) is 12.2 Å². The first-order valence-electron chi connectivity index (χ1n) is 8.80. The zero-order chi connectivity index (χ0) is 13.8. The molecular formula is C17H31NO2. The minimum absolute atomic E-state index is 0.269. The maximum atomic E-state index is 6.10. The lowest BCUT2D eigenvalue weighted by Gasteiger charge is -2.49. The summed E-state index contributed by atoms with van der Waals surface area (Å²) in [6.07, 6.45) is 11.9. The summed E-state index contributed by atoms with van der Waals surface area (Å²) in [5, 5.41) is 3.82. The van der Waals surface area contributed by atoms with Gasteiger partial charge in [0, 0.05) is 19.3 Å². The second-order valence-electron chi connectivity index (χ2n) is 7.07. The van der Waals surface area contributed by atoms with Crippen LogP contribution in [0, 0.1) is 5.92 Å². The van der Waals surface area contributed by atoms with E-state index in [1.165, 1.54) is 57.8 Å². The van der Waals surface area contributed by atoms with Crippen LogP contribution < -0.4 is 5.32 Å². The quantitative estimate of drug-likeness (QED) is 0.810. The Morgan fingerprint density at radius 2 is 2.10 bits per heavy atom. The summed E-state index contributed by atoms with van der Waals surface area (Å²) in [5.41, 5.74) is 0.269. The van der Waals surface area contributed by atoms with Gasteiger partial charge in [0.15, 0.2) is 0 Å². The molecule has 3 rings (SSSR count). The zero-order valence-corrected chi connectivity index (χ0v) is 13.0. The molecule has 0 aromatic heterocycles. The van der Waals surface area contributed by atoms with Gasteiger partial charge in [0.2, 0.25) is 0 Å². The van der Waals surface area contributed by atoms with Gasteiger partial charge < -0.3 is 14.8 Å². The monoisotopic (exact) mass is 281 g/mol. The Balaban J connectivity index is 1.57. The number of rotatable bonds is 6. The van der Waals surface area contributed by atoms with Gasteiger partial charge in [0.25, 0.3) is 0 Å². The van der Waals surface area contributed by atoms with Crippen molar-refractivity contribution >= 4 is 0 Å². The summed E-state index contributed by atoms with van der Waals surface area (Å²) in [4.78, 5) is 0. The van der Waals surface area contributed by atoms with Crippen molar-refractivity contribution in [2.45, 2.75) is 82.5 Å². The summed E-state index contributed by atoms with van der Waals surface area (Å²) >= 11 is 0. The minimum Gasteiger partial charge on any atom is -0.378 e. The van der Waals surface area contributed by atoms with E-state index in [1.807, 2.05) is 0 Å². The maximum absolute atomic E-state index is 6.10. The average Bonchev–Trinajstić information content (AvgIpc) is 2.95. The molecule has 3 aliphatic rings. The van der Waals surface area contributed by atoms with Crippen molar-refractivity contribution in [2.75, 3.05) is 19.8 Å². The molecule has 1 N–H and O–H groups in total. The molecule has 2 aliphatic heterocycles. The molecule has 0 bridgehead atoms. The van der Waals surface area contributed by atoms with Crippen molar-refractivity contribution in [2.24, 2.45) is 5.92 Å². The van der Waals surface area contributed by atoms with Crippen LogP contribution >= 0.6 is 0 Å². The van der Waals surface area contributed by atoms with E-state index >= 15 is 0 Å². The van der Waals surface area contributed by atoms with Crippen molar-refractivity contribution in [3.63, 3.8) is 0 Å². The fourth-order valence-electron chi connectivity index (χ4n) is 4.21. The Labute approximate surface area is 123 Å². The Kier molecular flexibility index (Phi) is 5.00. The summed E-state index contributed by atoms with van der Waals surface area (Å²) < 4.78 is 12.0. The lowest BCUT2D eigenvalue weighted by Crippen LogP contribution is -2.51. The van der Waals surface area contributed by atoms with Gasteiger partial charge >= 0.3 is 0 Å². The van der Waals surface area contributed by atoms with Crippen LogP contribution in [-0.4, -0.2) is 37.5 Å². The molecular weight excluding hydrogens is 250 g/mol. The van der Waals surface area contributed by atoms with E-state index in [9.17, 15) is 0 Å². The van der Waals surface area contributed by atoms with Crippen LogP contribution in [0.3, 0.4) is 0 Å². The molecule has 1 spiro atoms. The second kappa shape index (κ2) is 6.76. The predicted octanol–water partition coefficient (Wildman–Crippen LogP) is 3.27. The molecule has 3 unspecified atom stereocenters. The van der Waals surface area contributed by atoms with Gasteiger partial charge in [-0.2, -0.15) is 0 Å². The van der Waals surface area contributed by atoms with E-state index in [0.717, 1.165) is 25.7 Å². The van der Waals surface area contributed by atoms with Crippen molar-refractivity contribution in [1.82, 2.24) is 5.32 Å². The molecule has 0 radical (unpaired) electrons. The fraction of sp³-hybridized carbons (Fsp3) is 1.00. The van der Waals surface area contributed by atoms with Gasteiger partial charge in [-0.05, 0) is 70.3 Å². The maximum Gasteiger partial charge on any atom is 0.0685 e. The summed E-state index contributed by atoms with van der Waals surface area (Å²) in [7, 11) is 0. The van der Waals surface area contributed by atoms with Crippen LogP contribution in [0.1, 0.15) is 64.7 Å². The number of ether oxygens (including phenoxy) is 2. The standard InChI is InChI=1S/C17H31NO2/c1-2-9-18-16(12-15-5-3-10-19-15)14-6-11-20-17(13-14)7-4-8-17/h14-16,18H,2-13H2,1H3. The molecule has 116 valence electrons. The molecule has 3 atom stereocenters. The summed E-state index contributed by atoms with van der Waals surface area (Å²) in [6, 6.07) is 0.638. The molecule has 0 aromatic rings. The van der Waals surface area contributed by atoms with Crippen LogP contribution in [0.4, 0.5) is 0 Å². The predicted molar refractivity (Wildman–Crippen MR) is 80.9 cm³/mol. The van der Waals surface area contributed by atoms with Gasteiger partial charge in [-0.25, -0.2) is 0 Å². The van der Waals surface area contributed by atoms with E-state index in [-0.39, 0.29) is 5.60 Å². The van der Waals surface area contributed by atoms with Crippen molar-refractivity contribution in [3.05, 3.63) is 0 Å². The third kappa shape index (κ3) is 3.37. The van der Waals surface area contributed by atoms with E-state index < -0.39 is 0 Å². The van der Waals surface area contributed by atoms with Gasteiger partial charge in [-0.1, -0.05) is 6.92 Å². The van der Waals surface area contributed by atoms with E-state index in [1.54, 1.807) is 0 Å². The Hall–Kier alpha value is -0.120. The lowest BCUT2D eigenvalue weighted by molar-refractivity contribution is -0.148. The van der Waals surface area contributed by atoms with Crippen LogP contribution in [0.5, 0.6) is 0 Å². The molecule has 1 aliphatic carbocycles. The Morgan fingerprint density at radius 3 is 2.75 bits per heavy atom. The first kappa shape index (κ1) is 14.8. The Morgan fingerprint density at radius 1 is 1.20 bits per heavy atom. The van der Waals surface area contributed by atoms with Crippen LogP contribution in [0.25, 0.3) is 0 Å². The third-order valence-corrected chi connectivity index (χ3v) is 5.56. The highest BCUT2D eigenvalue weighted by molar-refractivity contribution is 4.97. The van der Waals surface area contributed by atoms with Crippen molar-refractivity contribution in [1.29, 1.82) is 0 Å². The van der Waals surface area contributed by atoms with Gasteiger partial charge in [0.05, 0.1) is 11.7 Å². The molecule has 0 aromatic carbocycles. The smallest absolute Gasteiger partial charge is 0.0685 e. The molecule has 1 saturated carbocycles. The second-order valence-corrected chi connectivity index (χ2v) is 7.07. The average molecular weight is 281 g/mol. The van der Waals surface area contributed by atoms with Gasteiger partial charge in [-0.3, -0.25) is 0 Å². The summed E-state index contributed by atoms with van der Waals surface area (Å²) in [5.74, 6) is 0.791. The van der Waals surface area contributed by atoms with Gasteiger partial charge in [0.1, 0.15) is 0 Å². The molecule has 3 heteroatoms. The SMILES string of the molecule is CCCNC(CC1CCCO1)C1CCOC2(CCC2)C1. The highest BCUT2D eigenvalue weighted by Crippen LogP contribution is 2.45. The lowest BCUT2D eigenvalue weighted by atomic mass is 9.70. The molecule has 3 fully saturated rings. The topological polar surface area (TPSA) is 30.5 Å². The van der Waals surface area contributed by atoms with Crippen molar-refractivity contribution in [3.8, 4) is 0 Å². The molecule has 3 nitrogen and oxygen atoms in total.